The van der Waals surface area contributed by atoms with Crippen LogP contribution in [0.4, 0.5) is 9.59 Å². The van der Waals surface area contributed by atoms with Crippen molar-refractivity contribution in [2.45, 2.75) is 83.6 Å². The Labute approximate surface area is 369 Å². The topological polar surface area (TPSA) is 213 Å². The third-order valence-electron chi connectivity index (χ3n) is 12.7. The number of fused-ring (bicyclic) bond motifs is 5. The lowest BCUT2D eigenvalue weighted by Crippen LogP contribution is -2.51. The molecule has 2 saturated heterocycles. The van der Waals surface area contributed by atoms with Gasteiger partial charge < -0.3 is 54.0 Å². The average molecular weight is 872 g/mol. The highest BCUT2D eigenvalue weighted by atomic mass is 16.5. The Hall–Kier alpha value is -7.04. The summed E-state index contributed by atoms with van der Waals surface area (Å²) in [4.78, 5) is 75.5. The fourth-order valence-electron chi connectivity index (χ4n) is 9.38. The number of nitrogens with one attached hydrogen (secondary N) is 5. The molecule has 0 radical (unpaired) electrons. The van der Waals surface area contributed by atoms with Gasteiger partial charge >= 0.3 is 12.2 Å². The largest absolute Gasteiger partial charge is 0.477 e. The van der Waals surface area contributed by atoms with Gasteiger partial charge in [0.05, 0.1) is 62.0 Å². The number of methoxy groups -OCH3 is 2. The molecule has 0 saturated carbocycles. The number of aromatic amines is 3. The molecule has 7 heterocycles. The van der Waals surface area contributed by atoms with Gasteiger partial charge in [-0.15, -0.1) is 0 Å². The van der Waals surface area contributed by atoms with Crippen LogP contribution in [-0.2, 0) is 19.1 Å². The monoisotopic (exact) mass is 871 g/mol. The van der Waals surface area contributed by atoms with Crippen molar-refractivity contribution in [1.29, 1.82) is 0 Å². The number of H-pyrrole nitrogens is 3. The normalized spacial score (nSPS) is 19.0. The van der Waals surface area contributed by atoms with E-state index in [2.05, 4.69) is 31.7 Å². The van der Waals surface area contributed by atoms with E-state index in [-0.39, 0.29) is 35.7 Å². The van der Waals surface area contributed by atoms with Crippen LogP contribution >= 0.6 is 0 Å². The van der Waals surface area contributed by atoms with Gasteiger partial charge in [0.2, 0.25) is 11.8 Å². The molecule has 5 atom stereocenters. The minimum absolute atomic E-state index is 0.136. The summed E-state index contributed by atoms with van der Waals surface area (Å²) in [6.07, 6.45) is 6.48. The predicted molar refractivity (Wildman–Crippen MR) is 236 cm³/mol. The number of carbonyl (C=O) groups is 4. The van der Waals surface area contributed by atoms with Crippen molar-refractivity contribution in [3.8, 4) is 39.5 Å². The molecule has 4 amide bonds. The molecule has 0 spiro atoms. The number of rotatable bonds is 11. The maximum absolute atomic E-state index is 13.8. The summed E-state index contributed by atoms with van der Waals surface area (Å²) in [5.41, 5.74) is 7.01. The summed E-state index contributed by atoms with van der Waals surface area (Å²) in [5.74, 6) is 2.07. The van der Waals surface area contributed by atoms with Crippen LogP contribution in [0.3, 0.4) is 0 Å². The fourth-order valence-corrected chi connectivity index (χ4v) is 9.38. The smallest absolute Gasteiger partial charge is 0.407 e. The van der Waals surface area contributed by atoms with E-state index in [1.165, 1.54) is 14.2 Å². The standard InChI is InChI=1S/C47H53N9O8/c1-24(2)38(53-46(59)61-5)44(57)55-17-7-10-33(55)42-48-22-31(51-42)26-14-16-30-29(20-26)37-40(50-30)28-15-13-27(21-36(28)64-41(37)35-12-9-19-63-35)32-23-49-43(52-32)34-11-8-18-56(34)45(58)39(25(3)4)54-47(60)62-6/h9,12-16,19-25,33-34,38-39,41,50H,7-8,10-11,17-18H2,1-6H3,(H,48,51)(H,49,52)(H,53,59)(H,54,60)/t33-,34-,38?,39-,41?/m0/s1. The summed E-state index contributed by atoms with van der Waals surface area (Å²) in [6, 6.07) is 14.0. The molecule has 0 bridgehead atoms. The van der Waals surface area contributed by atoms with Crippen LogP contribution in [0, 0.1) is 11.8 Å². The Morgan fingerprint density at radius 3 is 1.84 bits per heavy atom. The quantitative estimate of drug-likeness (QED) is 0.0853. The summed E-state index contributed by atoms with van der Waals surface area (Å²) in [6.45, 7) is 8.70. The van der Waals surface area contributed by atoms with E-state index < -0.39 is 30.4 Å². The zero-order chi connectivity index (χ0) is 44.8. The number of hydrogen-bond donors (Lipinski definition) is 5. The van der Waals surface area contributed by atoms with Crippen LogP contribution in [0.25, 0.3) is 44.7 Å². The van der Waals surface area contributed by atoms with E-state index in [0.29, 0.717) is 36.2 Å². The number of amides is 4. The molecule has 9 rings (SSSR count). The van der Waals surface area contributed by atoms with Crippen molar-refractivity contribution < 1.29 is 37.8 Å². The van der Waals surface area contributed by atoms with Crippen LogP contribution in [0.2, 0.25) is 0 Å². The third-order valence-corrected chi connectivity index (χ3v) is 12.7. The van der Waals surface area contributed by atoms with E-state index in [0.717, 1.165) is 75.9 Å². The van der Waals surface area contributed by atoms with E-state index in [1.54, 1.807) is 28.5 Å². The van der Waals surface area contributed by atoms with Crippen molar-refractivity contribution in [3.63, 3.8) is 0 Å². The zero-order valence-electron chi connectivity index (χ0n) is 36.7. The first-order valence-corrected chi connectivity index (χ1v) is 21.8. The predicted octanol–water partition coefficient (Wildman–Crippen LogP) is 7.78. The first-order valence-electron chi connectivity index (χ1n) is 21.8. The molecule has 4 aromatic heterocycles. The number of hydrogen-bond acceptors (Lipinski definition) is 10. The van der Waals surface area contributed by atoms with Gasteiger partial charge in [0.1, 0.15) is 35.2 Å². The van der Waals surface area contributed by atoms with Gasteiger partial charge in [-0.2, -0.15) is 0 Å². The van der Waals surface area contributed by atoms with Gasteiger partial charge in [0.25, 0.3) is 0 Å². The second-order valence-corrected chi connectivity index (χ2v) is 17.4. The molecule has 2 fully saturated rings. The SMILES string of the molecule is COC(=O)NC(C(=O)N1CCC[C@H]1c1ncc(-c2ccc3[nH]c4c(c3c2)C(c2ccco2)Oc2cc(-c3cnc([C@@H]5CCCN5C(=O)[C@@H](NC(=O)OC)C(C)C)[nH]3)ccc2-4)[nH]1)C(C)C. The number of benzene rings is 2. The van der Waals surface area contributed by atoms with E-state index in [4.69, 9.17) is 28.6 Å². The molecule has 17 heteroatoms. The number of furan rings is 1. The molecule has 2 unspecified atom stereocenters. The molecule has 2 aromatic carbocycles. The van der Waals surface area contributed by atoms with Gasteiger partial charge in [-0.3, -0.25) is 9.59 Å². The van der Waals surface area contributed by atoms with Gasteiger partial charge in [-0.25, -0.2) is 19.6 Å². The molecule has 17 nitrogen and oxygen atoms in total. The lowest BCUT2D eigenvalue weighted by Gasteiger charge is -2.30. The summed E-state index contributed by atoms with van der Waals surface area (Å²) in [7, 11) is 2.57. The number of alkyl carbamates (subject to hydrolysis) is 2. The molecular weight excluding hydrogens is 819 g/mol. The van der Waals surface area contributed by atoms with Gasteiger partial charge in [0, 0.05) is 46.2 Å². The first kappa shape index (κ1) is 42.3. The van der Waals surface area contributed by atoms with Gasteiger partial charge in [-0.05, 0) is 73.9 Å². The highest BCUT2D eigenvalue weighted by Crippen LogP contribution is 2.49. The number of imidazole rings is 2. The molecule has 334 valence electrons. The van der Waals surface area contributed by atoms with Crippen LogP contribution in [0.5, 0.6) is 5.75 Å². The molecule has 5 N–H and O–H groups in total. The zero-order valence-corrected chi connectivity index (χ0v) is 36.7. The Balaban J connectivity index is 0.997. The summed E-state index contributed by atoms with van der Waals surface area (Å²) < 4.78 is 22.4. The highest BCUT2D eigenvalue weighted by molar-refractivity contribution is 5.96. The van der Waals surface area contributed by atoms with Crippen LogP contribution in [0.15, 0.2) is 71.6 Å². The molecule has 64 heavy (non-hydrogen) atoms. The second kappa shape index (κ2) is 17.3. The summed E-state index contributed by atoms with van der Waals surface area (Å²) in [5, 5.41) is 6.38. The number of aromatic nitrogens is 5. The third kappa shape index (κ3) is 7.72. The molecular formula is C47H53N9O8. The Morgan fingerprint density at radius 1 is 0.750 bits per heavy atom. The lowest BCUT2D eigenvalue weighted by molar-refractivity contribution is -0.136. The van der Waals surface area contributed by atoms with Crippen molar-refractivity contribution >= 4 is 34.9 Å². The van der Waals surface area contributed by atoms with Crippen molar-refractivity contribution in [3.05, 3.63) is 90.2 Å². The minimum atomic E-state index is -0.726. The summed E-state index contributed by atoms with van der Waals surface area (Å²) >= 11 is 0. The van der Waals surface area contributed by atoms with Crippen LogP contribution < -0.4 is 15.4 Å². The maximum atomic E-state index is 13.8. The Kier molecular flexibility index (Phi) is 11.4. The van der Waals surface area contributed by atoms with Crippen molar-refractivity contribution in [2.75, 3.05) is 27.3 Å². The fraction of sp³-hybridized carbons (Fsp3) is 0.404. The number of carbonyl (C=O) groups excluding carboxylic acids is 4. The Morgan fingerprint density at radius 2 is 1.31 bits per heavy atom. The van der Waals surface area contributed by atoms with Crippen LogP contribution in [0.1, 0.15) is 94.5 Å². The number of likely N-dealkylation sites (tertiary alicyclic amines) is 2. The van der Waals surface area contributed by atoms with Gasteiger partial charge in [-0.1, -0.05) is 39.8 Å². The van der Waals surface area contributed by atoms with Gasteiger partial charge in [0.15, 0.2) is 6.10 Å². The number of ether oxygens (including phenoxy) is 3. The highest BCUT2D eigenvalue weighted by Gasteiger charge is 2.40. The van der Waals surface area contributed by atoms with Crippen molar-refractivity contribution in [1.82, 2.24) is 45.4 Å². The number of nitrogens with zero attached hydrogens (tertiary/aromatic N) is 4. The van der Waals surface area contributed by atoms with E-state index in [1.807, 2.05) is 70.2 Å². The molecule has 3 aliphatic rings. The molecule has 6 aromatic rings. The molecule has 0 aliphatic carbocycles. The van der Waals surface area contributed by atoms with E-state index >= 15 is 0 Å². The lowest BCUT2D eigenvalue weighted by atomic mass is 9.94. The average Bonchev–Trinajstić information content (AvgIpc) is 4.15. The minimum Gasteiger partial charge on any atom is -0.477 e. The van der Waals surface area contributed by atoms with E-state index in [9.17, 15) is 19.2 Å². The maximum Gasteiger partial charge on any atom is 0.407 e. The van der Waals surface area contributed by atoms with Crippen molar-refractivity contribution in [2.24, 2.45) is 11.8 Å². The molecule has 3 aliphatic heterocycles. The van der Waals surface area contributed by atoms with Crippen LogP contribution in [-0.4, -0.2) is 98.1 Å². The first-order chi connectivity index (χ1) is 30.9. The second-order valence-electron chi connectivity index (χ2n) is 17.4. The Bertz CT molecular complexity index is 2700.